The predicted octanol–water partition coefficient (Wildman–Crippen LogP) is -4.99. The van der Waals surface area contributed by atoms with Crippen molar-refractivity contribution in [3.63, 3.8) is 0 Å². The molecule has 1 atom stereocenters. The van der Waals surface area contributed by atoms with E-state index >= 15 is 0 Å². The molecular formula is CHB14. The van der Waals surface area contributed by atoms with E-state index in [-0.39, 0.29) is 0 Å². The molecule has 0 aromatic heterocycles. The molecule has 0 aliphatic rings. The normalized spacial score (nSPS) is 11.2. The monoisotopic (exact) mass is 167 g/mol. The Labute approximate surface area is 107 Å². The Kier molecular flexibility index (Phi) is 7.72. The third-order valence-electron chi connectivity index (χ3n) is 2.44. The average Bonchev–Trinajstić information content (AvgIpc) is 2.10. The Morgan fingerprint density at radius 1 is 0.800 bits per heavy atom. The van der Waals surface area contributed by atoms with E-state index < -0.39 is 37.9 Å². The van der Waals surface area contributed by atoms with Crippen LogP contribution < -0.4 is 0 Å². The van der Waals surface area contributed by atoms with Crippen molar-refractivity contribution in [2.45, 2.75) is 5.62 Å². The molecule has 0 bridgehead atoms. The van der Waals surface area contributed by atoms with Crippen LogP contribution in [0, 0.1) is 0 Å². The highest BCUT2D eigenvalue weighted by molar-refractivity contribution is 7.85. The third kappa shape index (κ3) is 4.73. The second kappa shape index (κ2) is 7.28. The van der Waals surface area contributed by atoms with Gasteiger partial charge in [-0.15, -0.1) is 5.62 Å². The van der Waals surface area contributed by atoms with Gasteiger partial charge in [0, 0.05) is 101 Å². The highest BCUT2D eigenvalue weighted by Gasteiger charge is 2.35. The van der Waals surface area contributed by atoms with Crippen LogP contribution in [0.4, 0.5) is 0 Å². The molecule has 0 N–H and O–H groups in total. The Balaban J connectivity index is 4.84. The topological polar surface area (TPSA) is 0 Å². The first kappa shape index (κ1) is 15.9. The summed E-state index contributed by atoms with van der Waals surface area (Å²) in [5.41, 5.74) is -0.463. The number of hydrogen-bond donors (Lipinski definition) is 0. The van der Waals surface area contributed by atoms with Crippen LogP contribution in [0.25, 0.3) is 0 Å². The SMILES string of the molecule is [B][B]B([B])C(B([B])[B])B(B([B])[B])B([B])[B]. The van der Waals surface area contributed by atoms with Gasteiger partial charge in [-0.25, -0.2) is 0 Å². The molecule has 47 valence electrons. The summed E-state index contributed by atoms with van der Waals surface area (Å²) in [5, 5.41) is 0. The Bertz CT molecular complexity index is 153. The van der Waals surface area contributed by atoms with Gasteiger partial charge in [0.05, 0.1) is 0 Å². The fraction of sp³-hybridized carbons (Fsp3) is 1.00. The van der Waals surface area contributed by atoms with Crippen LogP contribution in [-0.4, -0.2) is 101 Å². The molecule has 15 heavy (non-hydrogen) atoms. The van der Waals surface area contributed by atoms with Crippen LogP contribution >= 0.6 is 0 Å². The first-order valence-corrected chi connectivity index (χ1v) is 4.67. The molecule has 17 radical (unpaired) electrons. The maximum atomic E-state index is 5.73. The van der Waals surface area contributed by atoms with Gasteiger partial charge in [0.1, 0.15) is 0 Å². The van der Waals surface area contributed by atoms with Gasteiger partial charge in [-0.1, -0.05) is 0 Å². The fourth-order valence-electron chi connectivity index (χ4n) is 1.67. The van der Waals surface area contributed by atoms with E-state index in [1.807, 2.05) is 0 Å². The predicted molar refractivity (Wildman–Crippen MR) is 84.3 cm³/mol. The summed E-state index contributed by atoms with van der Waals surface area (Å²) in [6.45, 7) is -1.80. The number of hydrogen-bond acceptors (Lipinski definition) is 0. The molecular weight excluding hydrogens is 163 g/mol. The van der Waals surface area contributed by atoms with Crippen molar-refractivity contribution >= 4 is 101 Å². The van der Waals surface area contributed by atoms with E-state index in [2.05, 4.69) is 0 Å². The summed E-state index contributed by atoms with van der Waals surface area (Å²) in [5.74, 6) is 0. The minimum Gasteiger partial charge on any atom is -0.146 e. The lowest BCUT2D eigenvalue weighted by molar-refractivity contribution is 1.81. The minimum absolute atomic E-state index is 0.463. The highest BCUT2D eigenvalue weighted by Crippen LogP contribution is 2.14. The largest absolute Gasteiger partial charge is 0.146 e. The zero-order valence-corrected chi connectivity index (χ0v) is 8.66. The van der Waals surface area contributed by atoms with E-state index in [0.717, 1.165) is 0 Å². The third-order valence-corrected chi connectivity index (χ3v) is 2.44. The summed E-state index contributed by atoms with van der Waals surface area (Å²) >= 11 is 0. The minimum atomic E-state index is -0.754. The lowest BCUT2D eigenvalue weighted by Crippen LogP contribution is -2.62. The van der Waals surface area contributed by atoms with Crippen LogP contribution in [0.2, 0.25) is 5.62 Å². The van der Waals surface area contributed by atoms with Crippen molar-refractivity contribution in [1.82, 2.24) is 0 Å². The van der Waals surface area contributed by atoms with Gasteiger partial charge < -0.3 is 0 Å². The second-order valence-electron chi connectivity index (χ2n) is 3.66. The van der Waals surface area contributed by atoms with Crippen LogP contribution in [0.3, 0.4) is 0 Å². The van der Waals surface area contributed by atoms with Gasteiger partial charge in [0.2, 0.25) is 0 Å². The van der Waals surface area contributed by atoms with Gasteiger partial charge in [-0.2, -0.15) is 0 Å². The molecule has 0 fully saturated rings. The molecule has 0 amide bonds. The maximum Gasteiger partial charge on any atom is 0.0295 e. The maximum absolute atomic E-state index is 5.73. The summed E-state index contributed by atoms with van der Waals surface area (Å²) in [6, 6.07) is 0. The molecule has 0 nitrogen and oxygen atoms in total. The molecule has 0 saturated heterocycles. The standard InChI is InChI=1S/CHB14/c2-10-12(5)1(11(3)4)13(14(6)7)15(8)9/h1H. The van der Waals surface area contributed by atoms with Crippen LogP contribution in [0.1, 0.15) is 0 Å². The van der Waals surface area contributed by atoms with E-state index in [1.165, 1.54) is 7.06 Å². The molecule has 0 heterocycles. The van der Waals surface area contributed by atoms with Gasteiger partial charge in [-0.3, -0.25) is 0 Å². The molecule has 0 aliphatic carbocycles. The molecule has 0 aromatic rings. The molecule has 1 unspecified atom stereocenters. The average molecular weight is 164 g/mol. The second-order valence-corrected chi connectivity index (χ2v) is 3.66. The van der Waals surface area contributed by atoms with Gasteiger partial charge in [-0.05, 0) is 0 Å². The van der Waals surface area contributed by atoms with Gasteiger partial charge >= 0.3 is 0 Å². The molecule has 0 rings (SSSR count). The van der Waals surface area contributed by atoms with Crippen molar-refractivity contribution in [2.24, 2.45) is 0 Å². The molecule has 0 saturated carbocycles. The van der Waals surface area contributed by atoms with Crippen LogP contribution in [0.15, 0.2) is 0 Å². The number of rotatable bonds is 6. The van der Waals surface area contributed by atoms with Crippen LogP contribution in [0.5, 0.6) is 0 Å². The zero-order chi connectivity index (χ0) is 12.2. The molecule has 0 spiro atoms. The fourth-order valence-corrected chi connectivity index (χ4v) is 1.67. The van der Waals surface area contributed by atoms with E-state index in [4.69, 9.17) is 61.9 Å². The summed E-state index contributed by atoms with van der Waals surface area (Å²) in [4.78, 5) is 0. The summed E-state index contributed by atoms with van der Waals surface area (Å²) in [7, 11) is 45.8. The lowest BCUT2D eigenvalue weighted by Gasteiger charge is -2.37. The van der Waals surface area contributed by atoms with Crippen molar-refractivity contribution in [3.05, 3.63) is 0 Å². The van der Waals surface area contributed by atoms with Gasteiger partial charge in [0.15, 0.2) is 0 Å². The zero-order valence-electron chi connectivity index (χ0n) is 8.66. The first-order valence-electron chi connectivity index (χ1n) is 4.67. The quantitative estimate of drug-likeness (QED) is 0.345. The Morgan fingerprint density at radius 2 is 1.20 bits per heavy atom. The summed E-state index contributed by atoms with van der Waals surface area (Å²) in [6.07, 6.45) is -1.51. The summed E-state index contributed by atoms with van der Waals surface area (Å²) < 4.78 is 0. The van der Waals surface area contributed by atoms with E-state index in [1.54, 1.807) is 0 Å². The lowest BCUT2D eigenvalue weighted by atomic mass is 8.64. The highest BCUT2D eigenvalue weighted by atomic mass is 13.6. The van der Waals surface area contributed by atoms with Crippen molar-refractivity contribution in [2.75, 3.05) is 0 Å². The smallest absolute Gasteiger partial charge is 0.0295 e. The van der Waals surface area contributed by atoms with Crippen molar-refractivity contribution in [3.8, 4) is 0 Å². The first-order chi connectivity index (χ1) is 6.82. The molecule has 0 aliphatic heterocycles. The van der Waals surface area contributed by atoms with Gasteiger partial charge in [0.25, 0.3) is 0 Å². The van der Waals surface area contributed by atoms with Crippen molar-refractivity contribution < 1.29 is 0 Å². The molecule has 14 heteroatoms. The van der Waals surface area contributed by atoms with Crippen LogP contribution in [-0.2, 0) is 0 Å². The van der Waals surface area contributed by atoms with E-state index in [9.17, 15) is 0 Å². The van der Waals surface area contributed by atoms with Crippen molar-refractivity contribution in [1.29, 1.82) is 0 Å². The molecule has 0 aromatic carbocycles. The Hall–Kier alpha value is 0.909. The Morgan fingerprint density at radius 3 is 1.40 bits per heavy atom. The van der Waals surface area contributed by atoms with E-state index in [0.29, 0.717) is 0 Å².